The molecule has 0 aliphatic carbocycles. The van der Waals surface area contributed by atoms with Crippen LogP contribution in [0.3, 0.4) is 0 Å². The van der Waals surface area contributed by atoms with Crippen LogP contribution in [-0.4, -0.2) is 35.1 Å². The highest BCUT2D eigenvalue weighted by Crippen LogP contribution is 1.98. The number of methoxy groups -OCH3 is 1. The van der Waals surface area contributed by atoms with Crippen LogP contribution in [0.25, 0.3) is 0 Å². The smallest absolute Gasteiger partial charge is 0.159 e. The van der Waals surface area contributed by atoms with E-state index in [0.29, 0.717) is 0 Å². The van der Waals surface area contributed by atoms with Crippen LogP contribution in [0.15, 0.2) is 12.4 Å². The van der Waals surface area contributed by atoms with Crippen LogP contribution in [-0.2, 0) is 23.0 Å². The highest BCUT2D eigenvalue weighted by Gasteiger charge is 2.15. The summed E-state index contributed by atoms with van der Waals surface area (Å²) in [5, 5.41) is 0. The standard InChI is InChI=1S/C9H15N3O2/c1-12-4-3-11-9(12)5-8(13)7(10)6-14-2/h3-4,7H,5-6,10H2,1-2H3. The van der Waals surface area contributed by atoms with Gasteiger partial charge in [0, 0.05) is 26.6 Å². The zero-order chi connectivity index (χ0) is 10.6. The van der Waals surface area contributed by atoms with E-state index in [4.69, 9.17) is 10.5 Å². The average Bonchev–Trinajstić information content (AvgIpc) is 2.52. The Morgan fingerprint density at radius 3 is 3.00 bits per heavy atom. The van der Waals surface area contributed by atoms with E-state index < -0.39 is 6.04 Å². The van der Waals surface area contributed by atoms with Crippen molar-refractivity contribution in [3.63, 3.8) is 0 Å². The van der Waals surface area contributed by atoms with Gasteiger partial charge >= 0.3 is 0 Å². The number of rotatable bonds is 5. The van der Waals surface area contributed by atoms with Gasteiger partial charge in [-0.25, -0.2) is 4.98 Å². The minimum absolute atomic E-state index is 0.0545. The second kappa shape index (κ2) is 4.88. The van der Waals surface area contributed by atoms with Crippen molar-refractivity contribution in [3.8, 4) is 0 Å². The van der Waals surface area contributed by atoms with E-state index in [1.54, 1.807) is 17.0 Å². The van der Waals surface area contributed by atoms with Gasteiger partial charge in [0.15, 0.2) is 5.78 Å². The third-order valence-corrected chi connectivity index (χ3v) is 2.01. The molecule has 0 aliphatic rings. The summed E-state index contributed by atoms with van der Waals surface area (Å²) in [5.74, 6) is 0.669. The lowest BCUT2D eigenvalue weighted by molar-refractivity contribution is -0.120. The first-order valence-corrected chi connectivity index (χ1v) is 4.38. The van der Waals surface area contributed by atoms with Crippen molar-refractivity contribution in [1.82, 2.24) is 9.55 Å². The van der Waals surface area contributed by atoms with Crippen molar-refractivity contribution >= 4 is 5.78 Å². The predicted molar refractivity (Wildman–Crippen MR) is 51.8 cm³/mol. The number of hydrogen-bond acceptors (Lipinski definition) is 4. The van der Waals surface area contributed by atoms with E-state index in [0.717, 1.165) is 5.82 Å². The molecule has 1 heterocycles. The molecule has 2 N–H and O–H groups in total. The number of aromatic nitrogens is 2. The highest BCUT2D eigenvalue weighted by molar-refractivity contribution is 5.85. The quantitative estimate of drug-likeness (QED) is 0.691. The SMILES string of the molecule is COCC(N)C(=O)Cc1nccn1C. The molecule has 0 bridgehead atoms. The molecule has 1 unspecified atom stereocenters. The second-order valence-electron chi connectivity index (χ2n) is 3.16. The summed E-state index contributed by atoms with van der Waals surface area (Å²) in [6.45, 7) is 0.253. The molecule has 5 nitrogen and oxygen atoms in total. The van der Waals surface area contributed by atoms with Gasteiger partial charge in [-0.2, -0.15) is 0 Å². The molecule has 0 amide bonds. The minimum Gasteiger partial charge on any atom is -0.383 e. The van der Waals surface area contributed by atoms with Gasteiger partial charge in [0.1, 0.15) is 5.82 Å². The summed E-state index contributed by atoms with van der Waals surface area (Å²) < 4.78 is 6.60. The number of carbonyl (C=O) groups excluding carboxylic acids is 1. The van der Waals surface area contributed by atoms with Crippen LogP contribution in [0.2, 0.25) is 0 Å². The molecule has 1 rings (SSSR count). The Balaban J connectivity index is 2.53. The van der Waals surface area contributed by atoms with Gasteiger partial charge in [0.05, 0.1) is 19.1 Å². The number of carbonyl (C=O) groups is 1. The first-order chi connectivity index (χ1) is 6.65. The third-order valence-electron chi connectivity index (χ3n) is 2.01. The van der Waals surface area contributed by atoms with E-state index in [1.807, 2.05) is 7.05 Å². The van der Waals surface area contributed by atoms with Crippen molar-refractivity contribution in [2.75, 3.05) is 13.7 Å². The fourth-order valence-corrected chi connectivity index (χ4v) is 1.13. The summed E-state index contributed by atoms with van der Waals surface area (Å²) in [6.07, 6.45) is 3.71. The summed E-state index contributed by atoms with van der Waals surface area (Å²) in [7, 11) is 3.37. The Hall–Kier alpha value is -1.20. The van der Waals surface area contributed by atoms with Crippen LogP contribution in [0.1, 0.15) is 5.82 Å². The van der Waals surface area contributed by atoms with Gasteiger partial charge in [0.25, 0.3) is 0 Å². The van der Waals surface area contributed by atoms with Gasteiger partial charge < -0.3 is 15.0 Å². The number of Topliss-reactive ketones (excluding diaryl/α,β-unsaturated/α-hetero) is 1. The number of aryl methyl sites for hydroxylation is 1. The van der Waals surface area contributed by atoms with E-state index >= 15 is 0 Å². The normalized spacial score (nSPS) is 12.8. The van der Waals surface area contributed by atoms with Gasteiger partial charge in [-0.05, 0) is 0 Å². The van der Waals surface area contributed by atoms with Gasteiger partial charge in [-0.1, -0.05) is 0 Å². The molecule has 0 aromatic carbocycles. The maximum atomic E-state index is 11.5. The Bertz CT molecular complexity index is 309. The lowest BCUT2D eigenvalue weighted by Crippen LogP contribution is -2.36. The molecule has 0 aliphatic heterocycles. The molecule has 0 saturated heterocycles. The lowest BCUT2D eigenvalue weighted by Gasteiger charge is -2.08. The van der Waals surface area contributed by atoms with Crippen molar-refractivity contribution in [3.05, 3.63) is 18.2 Å². The number of hydrogen-bond donors (Lipinski definition) is 1. The lowest BCUT2D eigenvalue weighted by atomic mass is 10.1. The molecule has 14 heavy (non-hydrogen) atoms. The summed E-state index contributed by atoms with van der Waals surface area (Å²) in [6, 6.07) is -0.559. The maximum Gasteiger partial charge on any atom is 0.159 e. The second-order valence-corrected chi connectivity index (χ2v) is 3.16. The third kappa shape index (κ3) is 2.65. The molecule has 1 atom stereocenters. The molecular formula is C9H15N3O2. The highest BCUT2D eigenvalue weighted by atomic mass is 16.5. The van der Waals surface area contributed by atoms with E-state index in [2.05, 4.69) is 4.98 Å². The largest absolute Gasteiger partial charge is 0.383 e. The number of nitrogens with zero attached hydrogens (tertiary/aromatic N) is 2. The first-order valence-electron chi connectivity index (χ1n) is 4.38. The van der Waals surface area contributed by atoms with Crippen LogP contribution < -0.4 is 5.73 Å². The van der Waals surface area contributed by atoms with Crippen molar-refractivity contribution in [1.29, 1.82) is 0 Å². The number of ketones is 1. The predicted octanol–water partition coefficient (Wildman–Crippen LogP) is -0.495. The number of nitrogens with two attached hydrogens (primary N) is 1. The number of imidazole rings is 1. The summed E-state index contributed by atoms with van der Waals surface area (Å²) >= 11 is 0. The van der Waals surface area contributed by atoms with Crippen molar-refractivity contribution < 1.29 is 9.53 Å². The fraction of sp³-hybridized carbons (Fsp3) is 0.556. The molecule has 0 saturated carbocycles. The van der Waals surface area contributed by atoms with Crippen LogP contribution in [0.4, 0.5) is 0 Å². The monoisotopic (exact) mass is 197 g/mol. The zero-order valence-corrected chi connectivity index (χ0v) is 8.43. The Morgan fingerprint density at radius 2 is 2.50 bits per heavy atom. The maximum absolute atomic E-state index is 11.5. The molecule has 0 radical (unpaired) electrons. The molecule has 78 valence electrons. The van der Waals surface area contributed by atoms with Gasteiger partial charge in [-0.15, -0.1) is 0 Å². The Labute approximate surface area is 82.9 Å². The van der Waals surface area contributed by atoms with Gasteiger partial charge in [-0.3, -0.25) is 4.79 Å². The molecule has 0 fully saturated rings. The summed E-state index contributed by atoms with van der Waals surface area (Å²) in [4.78, 5) is 15.5. The Kier molecular flexibility index (Phi) is 3.79. The van der Waals surface area contributed by atoms with E-state index in [-0.39, 0.29) is 18.8 Å². The van der Waals surface area contributed by atoms with Crippen LogP contribution in [0, 0.1) is 0 Å². The molecule has 0 spiro atoms. The number of ether oxygens (including phenoxy) is 1. The van der Waals surface area contributed by atoms with E-state index in [1.165, 1.54) is 7.11 Å². The van der Waals surface area contributed by atoms with E-state index in [9.17, 15) is 4.79 Å². The average molecular weight is 197 g/mol. The fourth-order valence-electron chi connectivity index (χ4n) is 1.13. The Morgan fingerprint density at radius 1 is 1.79 bits per heavy atom. The first kappa shape index (κ1) is 10.9. The van der Waals surface area contributed by atoms with Crippen LogP contribution in [0.5, 0.6) is 0 Å². The zero-order valence-electron chi connectivity index (χ0n) is 8.43. The minimum atomic E-state index is -0.559. The topological polar surface area (TPSA) is 70.1 Å². The molecule has 1 aromatic heterocycles. The summed E-state index contributed by atoms with van der Waals surface area (Å²) in [5.41, 5.74) is 5.58. The molecule has 1 aromatic rings. The van der Waals surface area contributed by atoms with Crippen molar-refractivity contribution in [2.45, 2.75) is 12.5 Å². The van der Waals surface area contributed by atoms with Crippen molar-refractivity contribution in [2.24, 2.45) is 12.8 Å². The van der Waals surface area contributed by atoms with Gasteiger partial charge in [0.2, 0.25) is 0 Å². The molecular weight excluding hydrogens is 182 g/mol. The molecule has 5 heteroatoms. The van der Waals surface area contributed by atoms with Crippen LogP contribution >= 0.6 is 0 Å².